The molecule has 0 spiro atoms. The number of likely N-dealkylation sites (tertiary alicyclic amines) is 1. The van der Waals surface area contributed by atoms with Crippen LogP contribution in [-0.2, 0) is 6.54 Å². The minimum atomic E-state index is 0.0415. The first-order chi connectivity index (χ1) is 11.7. The average molecular weight is 326 g/mol. The Morgan fingerprint density at radius 2 is 1.92 bits per heavy atom. The molecule has 24 heavy (non-hydrogen) atoms. The van der Waals surface area contributed by atoms with Gasteiger partial charge in [0.05, 0.1) is 0 Å². The summed E-state index contributed by atoms with van der Waals surface area (Å²) in [7, 11) is 0. The zero-order valence-electron chi connectivity index (χ0n) is 14.9. The minimum Gasteiger partial charge on any atom is -0.348 e. The molecule has 3 rings (SSSR count). The van der Waals surface area contributed by atoms with Crippen molar-refractivity contribution in [3.8, 4) is 0 Å². The van der Waals surface area contributed by atoms with Gasteiger partial charge in [-0.1, -0.05) is 30.7 Å². The molecule has 1 aromatic carbocycles. The average Bonchev–Trinajstić information content (AvgIpc) is 2.63. The molecule has 0 bridgehead atoms. The van der Waals surface area contributed by atoms with Crippen molar-refractivity contribution in [2.24, 2.45) is 5.92 Å². The smallest absolute Gasteiger partial charge is 0.251 e. The van der Waals surface area contributed by atoms with E-state index in [4.69, 9.17) is 0 Å². The van der Waals surface area contributed by atoms with E-state index in [-0.39, 0.29) is 5.91 Å². The van der Waals surface area contributed by atoms with Gasteiger partial charge in [0.15, 0.2) is 0 Å². The number of rotatable bonds is 5. The molecule has 0 unspecified atom stereocenters. The molecule has 1 fully saturated rings. The molecule has 0 atom stereocenters. The van der Waals surface area contributed by atoms with Gasteiger partial charge < -0.3 is 5.32 Å². The lowest BCUT2D eigenvalue weighted by molar-refractivity contribution is 0.0956. The molecule has 3 heteroatoms. The third-order valence-electron chi connectivity index (χ3n) is 5.36. The van der Waals surface area contributed by atoms with E-state index in [1.165, 1.54) is 49.9 Å². The van der Waals surface area contributed by atoms with Gasteiger partial charge in [-0.05, 0) is 75.2 Å². The van der Waals surface area contributed by atoms with E-state index in [2.05, 4.69) is 35.3 Å². The number of nitrogens with one attached hydrogen (secondary N) is 1. The second-order valence-electron chi connectivity index (χ2n) is 7.45. The van der Waals surface area contributed by atoms with Gasteiger partial charge in [-0.25, -0.2) is 0 Å². The predicted octanol–water partition coefficient (Wildman–Crippen LogP) is 4.15. The molecule has 1 aliphatic heterocycles. The van der Waals surface area contributed by atoms with Crippen molar-refractivity contribution in [1.29, 1.82) is 0 Å². The summed E-state index contributed by atoms with van der Waals surface area (Å²) in [5.74, 6) is 0.909. The zero-order chi connectivity index (χ0) is 16.8. The van der Waals surface area contributed by atoms with Crippen LogP contribution in [0.4, 0.5) is 0 Å². The van der Waals surface area contributed by atoms with Crippen molar-refractivity contribution in [1.82, 2.24) is 10.2 Å². The third-order valence-corrected chi connectivity index (χ3v) is 5.36. The summed E-state index contributed by atoms with van der Waals surface area (Å²) in [5, 5.41) is 3.06. The molecule has 0 radical (unpaired) electrons. The van der Waals surface area contributed by atoms with Crippen LogP contribution >= 0.6 is 0 Å². The normalized spacial score (nSPS) is 19.8. The molecule has 3 nitrogen and oxygen atoms in total. The maximum Gasteiger partial charge on any atom is 0.251 e. The van der Waals surface area contributed by atoms with Crippen LogP contribution in [0.2, 0.25) is 0 Å². The van der Waals surface area contributed by atoms with Crippen LogP contribution in [-0.4, -0.2) is 30.4 Å². The Kier molecular flexibility index (Phi) is 6.08. The molecule has 1 amide bonds. The summed E-state index contributed by atoms with van der Waals surface area (Å²) < 4.78 is 0. The van der Waals surface area contributed by atoms with Gasteiger partial charge in [0, 0.05) is 18.7 Å². The zero-order valence-corrected chi connectivity index (χ0v) is 14.9. The molecule has 2 aliphatic rings. The highest BCUT2D eigenvalue weighted by Crippen LogP contribution is 2.19. The largest absolute Gasteiger partial charge is 0.348 e. The standard InChI is InChI=1S/C21H30N2O/c1-17-11-13-23(14-12-17)16-19-7-9-20(10-8-19)21(24)22-15-18-5-3-2-4-6-18/h5,7-10,17H,2-4,6,11-16H2,1H3,(H,22,24). The second-order valence-corrected chi connectivity index (χ2v) is 7.45. The van der Waals surface area contributed by atoms with Gasteiger partial charge in [0.2, 0.25) is 0 Å². The van der Waals surface area contributed by atoms with E-state index in [0.29, 0.717) is 6.54 Å². The Bertz CT molecular complexity index is 568. The third kappa shape index (κ3) is 4.94. The van der Waals surface area contributed by atoms with Crippen molar-refractivity contribution in [2.45, 2.75) is 52.0 Å². The number of hydrogen-bond acceptors (Lipinski definition) is 2. The Morgan fingerprint density at radius 1 is 1.17 bits per heavy atom. The SMILES string of the molecule is CC1CCN(Cc2ccc(C(=O)NCC3=CCCCC3)cc2)CC1. The highest BCUT2D eigenvalue weighted by Gasteiger charge is 2.16. The van der Waals surface area contributed by atoms with E-state index < -0.39 is 0 Å². The molecule has 130 valence electrons. The maximum atomic E-state index is 12.3. The van der Waals surface area contributed by atoms with Crippen LogP contribution in [0.25, 0.3) is 0 Å². The maximum absolute atomic E-state index is 12.3. The summed E-state index contributed by atoms with van der Waals surface area (Å²) in [6, 6.07) is 8.14. The van der Waals surface area contributed by atoms with Gasteiger partial charge in [0.25, 0.3) is 5.91 Å². The van der Waals surface area contributed by atoms with E-state index >= 15 is 0 Å². The Hall–Kier alpha value is -1.61. The van der Waals surface area contributed by atoms with E-state index in [9.17, 15) is 4.79 Å². The van der Waals surface area contributed by atoms with Crippen molar-refractivity contribution in [2.75, 3.05) is 19.6 Å². The highest BCUT2D eigenvalue weighted by atomic mass is 16.1. The lowest BCUT2D eigenvalue weighted by atomic mass is 9.98. The molecule has 1 aliphatic carbocycles. The quantitative estimate of drug-likeness (QED) is 0.825. The summed E-state index contributed by atoms with van der Waals surface area (Å²) in [6.07, 6.45) is 9.72. The predicted molar refractivity (Wildman–Crippen MR) is 99.0 cm³/mol. The lowest BCUT2D eigenvalue weighted by Crippen LogP contribution is -2.32. The summed E-state index contributed by atoms with van der Waals surface area (Å²) >= 11 is 0. The van der Waals surface area contributed by atoms with Gasteiger partial charge in [-0.2, -0.15) is 0 Å². The van der Waals surface area contributed by atoms with Crippen LogP contribution in [0.15, 0.2) is 35.9 Å². The summed E-state index contributed by atoms with van der Waals surface area (Å²) in [5.41, 5.74) is 3.45. The molecule has 1 saturated heterocycles. The molecule has 1 heterocycles. The van der Waals surface area contributed by atoms with Crippen LogP contribution in [0.5, 0.6) is 0 Å². The van der Waals surface area contributed by atoms with Crippen LogP contribution < -0.4 is 5.32 Å². The Labute approximate surface area is 146 Å². The van der Waals surface area contributed by atoms with Gasteiger partial charge in [-0.3, -0.25) is 9.69 Å². The number of piperidine rings is 1. The number of nitrogens with zero attached hydrogens (tertiary/aromatic N) is 1. The molecule has 1 aromatic rings. The van der Waals surface area contributed by atoms with E-state index in [1.54, 1.807) is 0 Å². The van der Waals surface area contributed by atoms with Gasteiger partial charge >= 0.3 is 0 Å². The number of allylic oxidation sites excluding steroid dienone is 1. The molecular weight excluding hydrogens is 296 g/mol. The molecular formula is C21H30N2O. The van der Waals surface area contributed by atoms with Crippen molar-refractivity contribution in [3.05, 3.63) is 47.0 Å². The molecule has 0 aromatic heterocycles. The van der Waals surface area contributed by atoms with E-state index in [1.807, 2.05) is 12.1 Å². The first-order valence-electron chi connectivity index (χ1n) is 9.48. The second kappa shape index (κ2) is 8.48. The fraction of sp³-hybridized carbons (Fsp3) is 0.571. The van der Waals surface area contributed by atoms with Crippen LogP contribution in [0, 0.1) is 5.92 Å². The minimum absolute atomic E-state index is 0.0415. The fourth-order valence-corrected chi connectivity index (χ4v) is 3.60. The Balaban J connectivity index is 1.48. The van der Waals surface area contributed by atoms with Crippen LogP contribution in [0.3, 0.4) is 0 Å². The highest BCUT2D eigenvalue weighted by molar-refractivity contribution is 5.94. The van der Waals surface area contributed by atoms with Gasteiger partial charge in [-0.15, -0.1) is 0 Å². The summed E-state index contributed by atoms with van der Waals surface area (Å²) in [6.45, 7) is 6.43. The van der Waals surface area contributed by atoms with Crippen molar-refractivity contribution in [3.63, 3.8) is 0 Å². The van der Waals surface area contributed by atoms with Crippen molar-refractivity contribution >= 4 is 5.91 Å². The topological polar surface area (TPSA) is 32.3 Å². The number of hydrogen-bond donors (Lipinski definition) is 1. The fourth-order valence-electron chi connectivity index (χ4n) is 3.60. The summed E-state index contributed by atoms with van der Waals surface area (Å²) in [4.78, 5) is 14.8. The number of benzene rings is 1. The molecule has 1 N–H and O–H groups in total. The Morgan fingerprint density at radius 3 is 2.58 bits per heavy atom. The number of carbonyl (C=O) groups is 1. The number of amides is 1. The first-order valence-corrected chi connectivity index (χ1v) is 9.48. The first kappa shape index (κ1) is 17.2. The van der Waals surface area contributed by atoms with Crippen molar-refractivity contribution < 1.29 is 4.79 Å². The lowest BCUT2D eigenvalue weighted by Gasteiger charge is -2.30. The van der Waals surface area contributed by atoms with Gasteiger partial charge in [0.1, 0.15) is 0 Å². The molecule has 0 saturated carbocycles. The monoisotopic (exact) mass is 326 g/mol. The number of carbonyl (C=O) groups excluding carboxylic acids is 1. The van der Waals surface area contributed by atoms with E-state index in [0.717, 1.165) is 30.9 Å². The van der Waals surface area contributed by atoms with Crippen LogP contribution in [0.1, 0.15) is 61.4 Å².